The van der Waals surface area contributed by atoms with Crippen LogP contribution >= 0.6 is 0 Å². The molecule has 2 nitrogen and oxygen atoms in total. The van der Waals surface area contributed by atoms with Gasteiger partial charge in [0.15, 0.2) is 0 Å². The average molecular weight is 165 g/mol. The van der Waals surface area contributed by atoms with Crippen LogP contribution in [0, 0.1) is 0 Å². The van der Waals surface area contributed by atoms with Crippen molar-refractivity contribution in [3.05, 3.63) is 29.8 Å². The SMILES string of the molecule is CCN(C)c1ccccc1CO. The van der Waals surface area contributed by atoms with Crippen molar-refractivity contribution in [3.8, 4) is 0 Å². The molecule has 2 heteroatoms. The number of benzene rings is 1. The standard InChI is InChI=1S/C10H15NO/c1-3-11(2)10-7-5-4-6-9(10)8-12/h4-7,12H,3,8H2,1-2H3. The lowest BCUT2D eigenvalue weighted by atomic mass is 10.2. The summed E-state index contributed by atoms with van der Waals surface area (Å²) in [6, 6.07) is 7.90. The molecule has 0 fully saturated rings. The second-order valence-corrected chi connectivity index (χ2v) is 2.80. The minimum Gasteiger partial charge on any atom is -0.392 e. The smallest absolute Gasteiger partial charge is 0.0702 e. The number of hydrogen-bond donors (Lipinski definition) is 1. The van der Waals surface area contributed by atoms with Crippen molar-refractivity contribution in [2.24, 2.45) is 0 Å². The molecule has 66 valence electrons. The Morgan fingerprint density at radius 1 is 1.33 bits per heavy atom. The minimum atomic E-state index is 0.112. The van der Waals surface area contributed by atoms with Gasteiger partial charge in [0, 0.05) is 24.8 Å². The Morgan fingerprint density at radius 3 is 2.58 bits per heavy atom. The van der Waals surface area contributed by atoms with Crippen LogP contribution in [0.4, 0.5) is 5.69 Å². The number of hydrogen-bond acceptors (Lipinski definition) is 2. The van der Waals surface area contributed by atoms with Crippen molar-refractivity contribution < 1.29 is 5.11 Å². The Balaban J connectivity index is 2.96. The van der Waals surface area contributed by atoms with Gasteiger partial charge in [-0.3, -0.25) is 0 Å². The number of para-hydroxylation sites is 1. The zero-order chi connectivity index (χ0) is 8.97. The molecule has 0 atom stereocenters. The van der Waals surface area contributed by atoms with Crippen LogP contribution in [0.3, 0.4) is 0 Å². The summed E-state index contributed by atoms with van der Waals surface area (Å²) in [4.78, 5) is 2.12. The molecule has 0 aliphatic carbocycles. The first kappa shape index (κ1) is 9.07. The lowest BCUT2D eigenvalue weighted by Gasteiger charge is -2.19. The maximum Gasteiger partial charge on any atom is 0.0702 e. The van der Waals surface area contributed by atoms with E-state index in [2.05, 4.69) is 11.8 Å². The molecule has 0 aromatic heterocycles. The molecule has 0 bridgehead atoms. The predicted molar refractivity (Wildman–Crippen MR) is 51.3 cm³/mol. The Hall–Kier alpha value is -1.02. The molecule has 1 N–H and O–H groups in total. The number of aliphatic hydroxyl groups excluding tert-OH is 1. The third kappa shape index (κ3) is 1.77. The summed E-state index contributed by atoms with van der Waals surface area (Å²) in [6.45, 7) is 3.16. The van der Waals surface area contributed by atoms with Gasteiger partial charge >= 0.3 is 0 Å². The van der Waals surface area contributed by atoms with Crippen LogP contribution in [0.2, 0.25) is 0 Å². The fourth-order valence-electron chi connectivity index (χ4n) is 1.19. The molecule has 0 saturated carbocycles. The summed E-state index contributed by atoms with van der Waals surface area (Å²) in [5.41, 5.74) is 2.10. The van der Waals surface area contributed by atoms with Gasteiger partial charge in [0.05, 0.1) is 6.61 Å². The zero-order valence-corrected chi connectivity index (χ0v) is 7.62. The number of anilines is 1. The maximum absolute atomic E-state index is 9.04. The van der Waals surface area contributed by atoms with E-state index in [1.165, 1.54) is 0 Å². The molecule has 0 spiro atoms. The molecule has 12 heavy (non-hydrogen) atoms. The quantitative estimate of drug-likeness (QED) is 0.736. The van der Waals surface area contributed by atoms with Crippen molar-refractivity contribution in [1.29, 1.82) is 0 Å². The van der Waals surface area contributed by atoms with E-state index in [1.807, 2.05) is 31.3 Å². The summed E-state index contributed by atoms with van der Waals surface area (Å²) in [6.07, 6.45) is 0. The fraction of sp³-hybridized carbons (Fsp3) is 0.400. The topological polar surface area (TPSA) is 23.5 Å². The van der Waals surface area contributed by atoms with E-state index >= 15 is 0 Å². The Morgan fingerprint density at radius 2 is 2.00 bits per heavy atom. The molecule has 0 heterocycles. The minimum absolute atomic E-state index is 0.112. The van der Waals surface area contributed by atoms with Gasteiger partial charge < -0.3 is 10.0 Å². The first-order valence-corrected chi connectivity index (χ1v) is 4.19. The lowest BCUT2D eigenvalue weighted by Crippen LogP contribution is -2.17. The van der Waals surface area contributed by atoms with Gasteiger partial charge in [-0.2, -0.15) is 0 Å². The van der Waals surface area contributed by atoms with E-state index < -0.39 is 0 Å². The highest BCUT2D eigenvalue weighted by Gasteiger charge is 2.02. The van der Waals surface area contributed by atoms with Gasteiger partial charge in [-0.1, -0.05) is 18.2 Å². The van der Waals surface area contributed by atoms with Crippen molar-refractivity contribution in [1.82, 2.24) is 0 Å². The van der Waals surface area contributed by atoms with Crippen LogP contribution in [0.15, 0.2) is 24.3 Å². The molecule has 0 amide bonds. The van der Waals surface area contributed by atoms with E-state index in [-0.39, 0.29) is 6.61 Å². The monoisotopic (exact) mass is 165 g/mol. The molecule has 1 aromatic carbocycles. The van der Waals surface area contributed by atoms with Gasteiger partial charge in [-0.25, -0.2) is 0 Å². The third-order valence-corrected chi connectivity index (χ3v) is 2.05. The van der Waals surface area contributed by atoms with E-state index in [0.717, 1.165) is 17.8 Å². The predicted octanol–water partition coefficient (Wildman–Crippen LogP) is 1.64. The summed E-state index contributed by atoms with van der Waals surface area (Å²) in [5, 5.41) is 9.04. The van der Waals surface area contributed by atoms with Crippen LogP contribution in [0.1, 0.15) is 12.5 Å². The molecule has 1 aromatic rings. The average Bonchev–Trinajstić information content (AvgIpc) is 2.16. The molecule has 0 aliphatic rings. The largest absolute Gasteiger partial charge is 0.392 e. The Kier molecular flexibility index (Phi) is 3.11. The van der Waals surface area contributed by atoms with Crippen LogP contribution in [0.5, 0.6) is 0 Å². The lowest BCUT2D eigenvalue weighted by molar-refractivity contribution is 0.282. The second kappa shape index (κ2) is 4.12. The summed E-state index contributed by atoms with van der Waals surface area (Å²) < 4.78 is 0. The number of rotatable bonds is 3. The zero-order valence-electron chi connectivity index (χ0n) is 7.62. The summed E-state index contributed by atoms with van der Waals surface area (Å²) >= 11 is 0. The van der Waals surface area contributed by atoms with Crippen molar-refractivity contribution in [3.63, 3.8) is 0 Å². The highest BCUT2D eigenvalue weighted by Crippen LogP contribution is 2.18. The fourth-order valence-corrected chi connectivity index (χ4v) is 1.19. The molecular formula is C10H15NO. The summed E-state index contributed by atoms with van der Waals surface area (Å²) in [7, 11) is 2.02. The first-order valence-electron chi connectivity index (χ1n) is 4.19. The number of nitrogens with zero attached hydrogens (tertiary/aromatic N) is 1. The van der Waals surface area contributed by atoms with Gasteiger partial charge in [-0.05, 0) is 13.0 Å². The third-order valence-electron chi connectivity index (χ3n) is 2.05. The van der Waals surface area contributed by atoms with E-state index in [4.69, 9.17) is 5.11 Å². The van der Waals surface area contributed by atoms with Crippen LogP contribution in [-0.4, -0.2) is 18.7 Å². The van der Waals surface area contributed by atoms with Gasteiger partial charge in [0.1, 0.15) is 0 Å². The summed E-state index contributed by atoms with van der Waals surface area (Å²) in [5.74, 6) is 0. The van der Waals surface area contributed by atoms with Crippen LogP contribution in [0.25, 0.3) is 0 Å². The van der Waals surface area contributed by atoms with Crippen molar-refractivity contribution in [2.75, 3.05) is 18.5 Å². The molecular weight excluding hydrogens is 150 g/mol. The Bertz CT molecular complexity index is 247. The highest BCUT2D eigenvalue weighted by molar-refractivity contribution is 5.52. The molecule has 0 saturated heterocycles. The second-order valence-electron chi connectivity index (χ2n) is 2.80. The van der Waals surface area contributed by atoms with E-state index in [0.29, 0.717) is 0 Å². The van der Waals surface area contributed by atoms with E-state index in [9.17, 15) is 0 Å². The van der Waals surface area contributed by atoms with Gasteiger partial charge in [0.25, 0.3) is 0 Å². The molecule has 0 aliphatic heterocycles. The van der Waals surface area contributed by atoms with Gasteiger partial charge in [-0.15, -0.1) is 0 Å². The van der Waals surface area contributed by atoms with Gasteiger partial charge in [0.2, 0.25) is 0 Å². The number of aliphatic hydroxyl groups is 1. The molecule has 0 radical (unpaired) electrons. The maximum atomic E-state index is 9.04. The molecule has 0 unspecified atom stereocenters. The Labute approximate surface area is 73.4 Å². The molecule has 1 rings (SSSR count). The highest BCUT2D eigenvalue weighted by atomic mass is 16.3. The van der Waals surface area contributed by atoms with E-state index in [1.54, 1.807) is 0 Å². The van der Waals surface area contributed by atoms with Crippen LogP contribution in [-0.2, 0) is 6.61 Å². The first-order chi connectivity index (χ1) is 5.79. The normalized spacial score (nSPS) is 9.92. The van der Waals surface area contributed by atoms with Crippen LogP contribution < -0.4 is 4.90 Å². The van der Waals surface area contributed by atoms with Crippen molar-refractivity contribution in [2.45, 2.75) is 13.5 Å². The van der Waals surface area contributed by atoms with Crippen molar-refractivity contribution >= 4 is 5.69 Å².